The monoisotopic (exact) mass is 278 g/mol. The summed E-state index contributed by atoms with van der Waals surface area (Å²) >= 11 is 1.36. The number of rotatable bonds is 6. The molecule has 0 aromatic carbocycles. The quantitative estimate of drug-likeness (QED) is 0.879. The van der Waals surface area contributed by atoms with Crippen molar-refractivity contribution >= 4 is 22.3 Å². The van der Waals surface area contributed by atoms with Crippen LogP contribution in [0.1, 0.15) is 37.7 Å². The normalized spacial score (nSPS) is 12.5. The van der Waals surface area contributed by atoms with E-state index in [1.807, 2.05) is 22.3 Å². The van der Waals surface area contributed by atoms with Gasteiger partial charge in [-0.1, -0.05) is 6.92 Å². The number of nitrogens with zero attached hydrogens (tertiary/aromatic N) is 3. The topological polar surface area (TPSA) is 73.8 Å². The molecule has 1 atom stereocenters. The highest BCUT2D eigenvalue weighted by Gasteiger charge is 2.11. The Morgan fingerprint density at radius 1 is 1.47 bits per heavy atom. The van der Waals surface area contributed by atoms with Gasteiger partial charge in [-0.2, -0.15) is 5.10 Å². The molecule has 0 saturated heterocycles. The molecule has 2 rings (SSSR count). The molecule has 2 N–H and O–H groups in total. The van der Waals surface area contributed by atoms with Gasteiger partial charge in [-0.15, -0.1) is 11.3 Å². The number of hydrogen-bond acceptors (Lipinski definition) is 5. The Hall–Kier alpha value is -1.69. The number of Topliss-reactive ketones (excluding diaryl/α,β-unsaturated/α-hetero) is 1. The molecule has 1 unspecified atom stereocenters. The standard InChI is InChI=1S/C13H18N4OS/c1-3-9(2)17-5-4-10(16-17)6-12(18)7-11-8-19-13(14)15-11/h4-5,8-9H,3,6-7H2,1-2H3,(H2,14,15). The highest BCUT2D eigenvalue weighted by atomic mass is 32.1. The predicted molar refractivity (Wildman–Crippen MR) is 76.2 cm³/mol. The van der Waals surface area contributed by atoms with Gasteiger partial charge in [0.15, 0.2) is 5.13 Å². The Balaban J connectivity index is 1.93. The van der Waals surface area contributed by atoms with Crippen molar-refractivity contribution in [1.82, 2.24) is 14.8 Å². The van der Waals surface area contributed by atoms with Crippen molar-refractivity contribution in [1.29, 1.82) is 0 Å². The molecule has 0 fully saturated rings. The molecule has 0 aliphatic heterocycles. The van der Waals surface area contributed by atoms with Gasteiger partial charge in [0.25, 0.3) is 0 Å². The van der Waals surface area contributed by atoms with Crippen LogP contribution in [0.25, 0.3) is 0 Å². The van der Waals surface area contributed by atoms with Crippen LogP contribution in [0.5, 0.6) is 0 Å². The Morgan fingerprint density at radius 3 is 2.84 bits per heavy atom. The lowest BCUT2D eigenvalue weighted by Crippen LogP contribution is -2.09. The summed E-state index contributed by atoms with van der Waals surface area (Å²) in [5.74, 6) is 0.111. The van der Waals surface area contributed by atoms with Gasteiger partial charge < -0.3 is 5.73 Å². The van der Waals surface area contributed by atoms with Gasteiger partial charge in [0.1, 0.15) is 5.78 Å². The van der Waals surface area contributed by atoms with Crippen LogP contribution in [-0.4, -0.2) is 20.5 Å². The number of anilines is 1. The fraction of sp³-hybridized carbons (Fsp3) is 0.462. The Bertz CT molecular complexity index is 560. The second-order valence-electron chi connectivity index (χ2n) is 4.61. The number of hydrogen-bond donors (Lipinski definition) is 1. The third-order valence-corrected chi connectivity index (χ3v) is 3.75. The molecule has 19 heavy (non-hydrogen) atoms. The molecule has 102 valence electrons. The Morgan fingerprint density at radius 2 is 2.21 bits per heavy atom. The third-order valence-electron chi connectivity index (χ3n) is 3.03. The fourth-order valence-corrected chi connectivity index (χ4v) is 2.34. The molecule has 2 aromatic rings. The average molecular weight is 278 g/mol. The predicted octanol–water partition coefficient (Wildman–Crippen LogP) is 2.25. The highest BCUT2D eigenvalue weighted by molar-refractivity contribution is 7.13. The first-order chi connectivity index (χ1) is 9.08. The molecule has 0 aliphatic rings. The van der Waals surface area contributed by atoms with E-state index in [1.165, 1.54) is 11.3 Å². The van der Waals surface area contributed by atoms with Crippen molar-refractivity contribution in [3.63, 3.8) is 0 Å². The van der Waals surface area contributed by atoms with Crippen molar-refractivity contribution in [2.75, 3.05) is 5.73 Å². The second-order valence-corrected chi connectivity index (χ2v) is 5.50. The number of nitrogen functional groups attached to an aromatic ring is 1. The maximum Gasteiger partial charge on any atom is 0.180 e. The first kappa shape index (κ1) is 13.7. The number of thiazole rings is 1. The Labute approximate surface area is 116 Å². The van der Waals surface area contributed by atoms with Crippen LogP contribution in [-0.2, 0) is 17.6 Å². The summed E-state index contributed by atoms with van der Waals surface area (Å²) in [6.45, 7) is 4.22. The molecule has 2 heterocycles. The van der Waals surface area contributed by atoms with Crippen molar-refractivity contribution in [3.8, 4) is 0 Å². The summed E-state index contributed by atoms with van der Waals surface area (Å²) in [6.07, 6.45) is 3.62. The van der Waals surface area contributed by atoms with Crippen LogP contribution in [0.2, 0.25) is 0 Å². The lowest BCUT2D eigenvalue weighted by atomic mass is 10.1. The third kappa shape index (κ3) is 3.64. The second kappa shape index (κ2) is 5.97. The summed E-state index contributed by atoms with van der Waals surface area (Å²) in [4.78, 5) is 16.0. The van der Waals surface area contributed by atoms with E-state index in [0.29, 0.717) is 24.0 Å². The van der Waals surface area contributed by atoms with E-state index < -0.39 is 0 Å². The van der Waals surface area contributed by atoms with Crippen LogP contribution in [0.4, 0.5) is 5.13 Å². The van der Waals surface area contributed by atoms with Crippen molar-refractivity contribution in [3.05, 3.63) is 29.0 Å². The van der Waals surface area contributed by atoms with Crippen molar-refractivity contribution < 1.29 is 4.79 Å². The first-order valence-corrected chi connectivity index (χ1v) is 7.22. The minimum absolute atomic E-state index is 0.111. The van der Waals surface area contributed by atoms with Gasteiger partial charge in [-0.25, -0.2) is 4.98 Å². The largest absolute Gasteiger partial charge is 0.375 e. The van der Waals surface area contributed by atoms with Crippen LogP contribution < -0.4 is 5.73 Å². The maximum absolute atomic E-state index is 11.9. The van der Waals surface area contributed by atoms with Gasteiger partial charge in [-0.05, 0) is 19.4 Å². The molecule has 0 radical (unpaired) electrons. The number of carbonyl (C=O) groups is 1. The van der Waals surface area contributed by atoms with Gasteiger partial charge in [0.2, 0.25) is 0 Å². The van der Waals surface area contributed by atoms with E-state index in [1.54, 1.807) is 0 Å². The Kier molecular flexibility index (Phi) is 4.31. The lowest BCUT2D eigenvalue weighted by molar-refractivity contribution is -0.117. The highest BCUT2D eigenvalue weighted by Crippen LogP contribution is 2.13. The van der Waals surface area contributed by atoms with E-state index in [9.17, 15) is 4.79 Å². The molecule has 0 spiro atoms. The van der Waals surface area contributed by atoms with Crippen LogP contribution in [0.15, 0.2) is 17.6 Å². The van der Waals surface area contributed by atoms with E-state index in [4.69, 9.17) is 5.73 Å². The van der Waals surface area contributed by atoms with Gasteiger partial charge in [-0.3, -0.25) is 9.48 Å². The molecule has 2 aromatic heterocycles. The number of nitrogens with two attached hydrogens (primary N) is 1. The zero-order valence-electron chi connectivity index (χ0n) is 11.2. The van der Waals surface area contributed by atoms with Crippen LogP contribution in [0.3, 0.4) is 0 Å². The summed E-state index contributed by atoms with van der Waals surface area (Å²) in [5.41, 5.74) is 7.10. The summed E-state index contributed by atoms with van der Waals surface area (Å²) in [7, 11) is 0. The minimum Gasteiger partial charge on any atom is -0.375 e. The van der Waals surface area contributed by atoms with Crippen LogP contribution >= 0.6 is 11.3 Å². The van der Waals surface area contributed by atoms with E-state index in [2.05, 4.69) is 23.9 Å². The molecular weight excluding hydrogens is 260 g/mol. The summed E-state index contributed by atoms with van der Waals surface area (Å²) < 4.78 is 1.91. The van der Waals surface area contributed by atoms with Crippen molar-refractivity contribution in [2.24, 2.45) is 0 Å². The number of aromatic nitrogens is 3. The first-order valence-electron chi connectivity index (χ1n) is 6.34. The van der Waals surface area contributed by atoms with E-state index >= 15 is 0 Å². The van der Waals surface area contributed by atoms with Crippen molar-refractivity contribution in [2.45, 2.75) is 39.2 Å². The van der Waals surface area contributed by atoms with E-state index in [0.717, 1.165) is 17.8 Å². The SMILES string of the molecule is CCC(C)n1ccc(CC(=O)Cc2csc(N)n2)n1. The zero-order valence-corrected chi connectivity index (χ0v) is 12.0. The van der Waals surface area contributed by atoms with Gasteiger partial charge in [0.05, 0.1) is 24.2 Å². The molecule has 0 amide bonds. The average Bonchev–Trinajstić information content (AvgIpc) is 2.98. The molecular formula is C13H18N4OS. The fourth-order valence-electron chi connectivity index (χ4n) is 1.77. The number of carbonyl (C=O) groups excluding carboxylic acids is 1. The van der Waals surface area contributed by atoms with Gasteiger partial charge >= 0.3 is 0 Å². The summed E-state index contributed by atoms with van der Waals surface area (Å²) in [6, 6.07) is 2.27. The molecule has 0 aliphatic carbocycles. The smallest absolute Gasteiger partial charge is 0.180 e. The summed E-state index contributed by atoms with van der Waals surface area (Å²) in [5, 5.41) is 6.75. The van der Waals surface area contributed by atoms with E-state index in [-0.39, 0.29) is 5.78 Å². The molecule has 6 heteroatoms. The lowest BCUT2D eigenvalue weighted by Gasteiger charge is -2.07. The van der Waals surface area contributed by atoms with Crippen LogP contribution in [0, 0.1) is 0 Å². The molecule has 5 nitrogen and oxygen atoms in total. The molecule has 0 bridgehead atoms. The molecule has 0 saturated carbocycles. The number of ketones is 1. The minimum atomic E-state index is 0.111. The van der Waals surface area contributed by atoms with Gasteiger partial charge in [0, 0.05) is 17.6 Å². The maximum atomic E-state index is 11.9. The zero-order chi connectivity index (χ0) is 13.8.